The van der Waals surface area contributed by atoms with E-state index in [1.165, 1.54) is 0 Å². The van der Waals surface area contributed by atoms with E-state index in [-0.39, 0.29) is 30.3 Å². The monoisotopic (exact) mass is 332 g/mol. The standard InChI is InChI=1S/C18H36O5/c1-11(2)15(20)8-9-17(22-12(3)4)16(21)10-18(14(7)19)23-13(5)6/h11-14,16-19,21H,8-10H2,1-7H3. The maximum atomic E-state index is 11.8. The van der Waals surface area contributed by atoms with Gasteiger partial charge in [0.25, 0.3) is 0 Å². The molecule has 0 aliphatic heterocycles. The molecule has 138 valence electrons. The zero-order valence-electron chi connectivity index (χ0n) is 15.8. The number of aliphatic hydroxyl groups is 2. The number of hydrogen-bond donors (Lipinski definition) is 2. The molecule has 0 aromatic carbocycles. The van der Waals surface area contributed by atoms with Crippen molar-refractivity contribution in [1.82, 2.24) is 0 Å². The van der Waals surface area contributed by atoms with Crippen molar-refractivity contribution < 1.29 is 24.5 Å². The molecule has 0 heterocycles. The van der Waals surface area contributed by atoms with Crippen LogP contribution < -0.4 is 0 Å². The number of carbonyl (C=O) groups excluding carboxylic acids is 1. The molecule has 0 rings (SSSR count). The van der Waals surface area contributed by atoms with Crippen LogP contribution in [0.1, 0.15) is 67.7 Å². The second-order valence-corrected chi connectivity index (χ2v) is 7.15. The van der Waals surface area contributed by atoms with Crippen molar-refractivity contribution in [3.63, 3.8) is 0 Å². The van der Waals surface area contributed by atoms with Crippen LogP contribution >= 0.6 is 0 Å². The van der Waals surface area contributed by atoms with Crippen molar-refractivity contribution in [2.45, 2.75) is 104 Å². The third-order valence-corrected chi connectivity index (χ3v) is 3.65. The molecule has 0 bridgehead atoms. The summed E-state index contributed by atoms with van der Waals surface area (Å²) >= 11 is 0. The van der Waals surface area contributed by atoms with E-state index in [1.807, 2.05) is 41.5 Å². The van der Waals surface area contributed by atoms with Gasteiger partial charge in [-0.15, -0.1) is 0 Å². The van der Waals surface area contributed by atoms with E-state index in [4.69, 9.17) is 9.47 Å². The topological polar surface area (TPSA) is 76.0 Å². The zero-order valence-corrected chi connectivity index (χ0v) is 15.8. The van der Waals surface area contributed by atoms with Crippen molar-refractivity contribution in [3.8, 4) is 0 Å². The molecule has 2 N–H and O–H groups in total. The molecular formula is C18H36O5. The van der Waals surface area contributed by atoms with Gasteiger partial charge in [0.1, 0.15) is 5.78 Å². The van der Waals surface area contributed by atoms with Crippen molar-refractivity contribution in [1.29, 1.82) is 0 Å². The number of carbonyl (C=O) groups is 1. The molecule has 4 unspecified atom stereocenters. The molecule has 5 nitrogen and oxygen atoms in total. The Morgan fingerprint density at radius 2 is 1.35 bits per heavy atom. The Balaban J connectivity index is 4.76. The van der Waals surface area contributed by atoms with Crippen LogP contribution in [0.4, 0.5) is 0 Å². The lowest BCUT2D eigenvalue weighted by Gasteiger charge is -2.30. The van der Waals surface area contributed by atoms with Crippen LogP contribution in [0.5, 0.6) is 0 Å². The van der Waals surface area contributed by atoms with E-state index >= 15 is 0 Å². The quantitative estimate of drug-likeness (QED) is 0.575. The maximum Gasteiger partial charge on any atom is 0.135 e. The van der Waals surface area contributed by atoms with Crippen molar-refractivity contribution in [3.05, 3.63) is 0 Å². The van der Waals surface area contributed by atoms with E-state index in [2.05, 4.69) is 0 Å². The minimum Gasteiger partial charge on any atom is -0.391 e. The third-order valence-electron chi connectivity index (χ3n) is 3.65. The molecule has 0 aromatic rings. The molecule has 0 spiro atoms. The summed E-state index contributed by atoms with van der Waals surface area (Å²) in [6.07, 6.45) is -1.28. The summed E-state index contributed by atoms with van der Waals surface area (Å²) in [7, 11) is 0. The normalized spacial score (nSPS) is 17.6. The van der Waals surface area contributed by atoms with E-state index in [0.29, 0.717) is 12.8 Å². The molecule has 0 radical (unpaired) electrons. The Bertz CT molecular complexity index is 325. The van der Waals surface area contributed by atoms with Gasteiger partial charge in [-0.25, -0.2) is 0 Å². The van der Waals surface area contributed by atoms with Crippen molar-refractivity contribution in [2.24, 2.45) is 5.92 Å². The Labute approximate surface area is 141 Å². The van der Waals surface area contributed by atoms with Gasteiger partial charge in [0.05, 0.1) is 36.6 Å². The van der Waals surface area contributed by atoms with Crippen LogP contribution in [0.15, 0.2) is 0 Å². The Hall–Kier alpha value is -0.490. The summed E-state index contributed by atoms with van der Waals surface area (Å²) in [6.45, 7) is 13.0. The highest BCUT2D eigenvalue weighted by atomic mass is 16.5. The van der Waals surface area contributed by atoms with Gasteiger partial charge >= 0.3 is 0 Å². The molecule has 5 heteroatoms. The Morgan fingerprint density at radius 1 is 0.870 bits per heavy atom. The number of aliphatic hydroxyl groups excluding tert-OH is 2. The summed E-state index contributed by atoms with van der Waals surface area (Å²) in [5.74, 6) is 0.154. The SMILES string of the molecule is CC(C)OC(CC(O)C(CCC(=O)C(C)C)OC(C)C)C(C)O. The van der Waals surface area contributed by atoms with Gasteiger partial charge < -0.3 is 19.7 Å². The third kappa shape index (κ3) is 10.1. The highest BCUT2D eigenvalue weighted by Crippen LogP contribution is 2.19. The van der Waals surface area contributed by atoms with E-state index in [0.717, 1.165) is 0 Å². The van der Waals surface area contributed by atoms with Crippen LogP contribution in [0.25, 0.3) is 0 Å². The zero-order chi connectivity index (χ0) is 18.2. The summed E-state index contributed by atoms with van der Waals surface area (Å²) in [5.41, 5.74) is 0. The minimum absolute atomic E-state index is 0.0127. The largest absolute Gasteiger partial charge is 0.391 e. The average molecular weight is 332 g/mol. The van der Waals surface area contributed by atoms with E-state index in [9.17, 15) is 15.0 Å². The average Bonchev–Trinajstić information content (AvgIpc) is 2.40. The van der Waals surface area contributed by atoms with Gasteiger partial charge in [0.2, 0.25) is 0 Å². The number of ketones is 1. The molecule has 23 heavy (non-hydrogen) atoms. The highest BCUT2D eigenvalue weighted by Gasteiger charge is 2.28. The van der Waals surface area contributed by atoms with Gasteiger partial charge in [-0.2, -0.15) is 0 Å². The molecule has 0 saturated heterocycles. The second kappa shape index (κ2) is 11.1. The molecule has 0 amide bonds. The summed E-state index contributed by atoms with van der Waals surface area (Å²) in [5, 5.41) is 20.3. The fourth-order valence-electron chi connectivity index (χ4n) is 2.38. The predicted molar refractivity (Wildman–Crippen MR) is 91.4 cm³/mol. The molecule has 0 saturated carbocycles. The molecule has 4 atom stereocenters. The highest BCUT2D eigenvalue weighted by molar-refractivity contribution is 5.80. The first kappa shape index (κ1) is 22.5. The van der Waals surface area contributed by atoms with Crippen LogP contribution in [0.3, 0.4) is 0 Å². The molecular weight excluding hydrogens is 296 g/mol. The van der Waals surface area contributed by atoms with Crippen LogP contribution in [0, 0.1) is 5.92 Å². The van der Waals surface area contributed by atoms with Gasteiger partial charge in [0, 0.05) is 18.8 Å². The minimum atomic E-state index is -0.782. The van der Waals surface area contributed by atoms with Gasteiger partial charge in [-0.1, -0.05) is 13.8 Å². The number of rotatable bonds is 12. The first-order valence-corrected chi connectivity index (χ1v) is 8.74. The van der Waals surface area contributed by atoms with Crippen LogP contribution in [-0.4, -0.2) is 52.6 Å². The maximum absolute atomic E-state index is 11.8. The summed E-state index contributed by atoms with van der Waals surface area (Å²) in [6, 6.07) is 0. The number of Topliss-reactive ketones (excluding diaryl/α,β-unsaturated/α-hetero) is 1. The Kier molecular flexibility index (Phi) is 10.9. The lowest BCUT2D eigenvalue weighted by Crippen LogP contribution is -2.39. The lowest BCUT2D eigenvalue weighted by atomic mass is 9.96. The van der Waals surface area contributed by atoms with Crippen LogP contribution in [-0.2, 0) is 14.3 Å². The molecule has 0 aliphatic carbocycles. The second-order valence-electron chi connectivity index (χ2n) is 7.15. The first-order valence-electron chi connectivity index (χ1n) is 8.74. The molecule has 0 aromatic heterocycles. The van der Waals surface area contributed by atoms with Crippen molar-refractivity contribution in [2.75, 3.05) is 0 Å². The smallest absolute Gasteiger partial charge is 0.135 e. The Morgan fingerprint density at radius 3 is 1.74 bits per heavy atom. The number of hydrogen-bond acceptors (Lipinski definition) is 5. The predicted octanol–water partition coefficient (Wildman–Crippen LogP) is 2.71. The van der Waals surface area contributed by atoms with E-state index in [1.54, 1.807) is 6.92 Å². The van der Waals surface area contributed by atoms with Gasteiger partial charge in [-0.3, -0.25) is 4.79 Å². The number of ether oxygens (including phenoxy) is 2. The lowest BCUT2D eigenvalue weighted by molar-refractivity contribution is -0.127. The molecule has 0 fully saturated rings. The first-order chi connectivity index (χ1) is 10.5. The van der Waals surface area contributed by atoms with E-state index < -0.39 is 24.4 Å². The fraction of sp³-hybridized carbons (Fsp3) is 0.944. The van der Waals surface area contributed by atoms with Gasteiger partial charge in [-0.05, 0) is 41.0 Å². The van der Waals surface area contributed by atoms with Gasteiger partial charge in [0.15, 0.2) is 0 Å². The van der Waals surface area contributed by atoms with Crippen LogP contribution in [0.2, 0.25) is 0 Å². The summed E-state index contributed by atoms with van der Waals surface area (Å²) in [4.78, 5) is 11.8. The summed E-state index contributed by atoms with van der Waals surface area (Å²) < 4.78 is 11.5. The fourth-order valence-corrected chi connectivity index (χ4v) is 2.38. The molecule has 0 aliphatic rings. The van der Waals surface area contributed by atoms with Crippen molar-refractivity contribution >= 4 is 5.78 Å².